The van der Waals surface area contributed by atoms with Gasteiger partial charge in [0.1, 0.15) is 5.60 Å². The van der Waals surface area contributed by atoms with Gasteiger partial charge in [-0.05, 0) is 26.0 Å². The zero-order valence-electron chi connectivity index (χ0n) is 16.1. The van der Waals surface area contributed by atoms with Crippen molar-refractivity contribution in [2.45, 2.75) is 51.3 Å². The molecule has 1 aliphatic carbocycles. The molecule has 3 aromatic rings. The fraction of sp³-hybridized carbons (Fsp3) is 0.381. The van der Waals surface area contributed by atoms with Crippen LogP contribution in [0.2, 0.25) is 0 Å². The Labute approximate surface area is 163 Å². The van der Waals surface area contributed by atoms with Gasteiger partial charge in [0.25, 0.3) is 0 Å². The van der Waals surface area contributed by atoms with Crippen molar-refractivity contribution < 1.29 is 4.84 Å². The largest absolute Gasteiger partial charge is 0.388 e. The number of hydrogen-bond donors (Lipinski definition) is 2. The maximum atomic E-state index is 5.99. The average molecular weight is 376 g/mol. The molecule has 7 nitrogen and oxygen atoms in total. The Hall–Kier alpha value is -2.93. The number of nitrogens with zero attached hydrogens (tertiary/aromatic N) is 4. The van der Waals surface area contributed by atoms with Gasteiger partial charge in [0.2, 0.25) is 0 Å². The van der Waals surface area contributed by atoms with E-state index in [1.807, 2.05) is 36.0 Å². The molecule has 0 bridgehead atoms. The Morgan fingerprint density at radius 1 is 1.29 bits per heavy atom. The lowest BCUT2D eigenvalue weighted by Crippen LogP contribution is -2.51. The maximum Gasteiger partial charge on any atom is 0.160 e. The van der Waals surface area contributed by atoms with Gasteiger partial charge in [-0.1, -0.05) is 23.4 Å². The minimum Gasteiger partial charge on any atom is -0.388 e. The van der Waals surface area contributed by atoms with E-state index in [0.717, 1.165) is 65.2 Å². The van der Waals surface area contributed by atoms with Crippen LogP contribution in [0.4, 0.5) is 11.4 Å². The molecule has 5 rings (SSSR count). The molecule has 28 heavy (non-hydrogen) atoms. The van der Waals surface area contributed by atoms with E-state index < -0.39 is 0 Å². The Balaban J connectivity index is 1.62. The standard InChI is InChI=1S/C21H24N6O/c1-3-27-20-18(13(2)25-27)19(24-15-7-5-4-6-8-15)16(12-23-20)17-11-21(28-26-17)9-14(22)10-21/h4-8,12,14H,3,9-11,22H2,1-2H3,(H,23,24). The number of rotatable bonds is 4. The molecule has 2 aromatic heterocycles. The van der Waals surface area contributed by atoms with Crippen molar-refractivity contribution in [2.24, 2.45) is 10.9 Å². The molecule has 0 atom stereocenters. The molecule has 2 aliphatic rings. The smallest absolute Gasteiger partial charge is 0.160 e. The lowest BCUT2D eigenvalue weighted by Gasteiger charge is -2.40. The highest BCUT2D eigenvalue weighted by Crippen LogP contribution is 2.44. The van der Waals surface area contributed by atoms with E-state index in [4.69, 9.17) is 15.6 Å². The molecule has 1 saturated carbocycles. The Morgan fingerprint density at radius 3 is 2.79 bits per heavy atom. The van der Waals surface area contributed by atoms with Gasteiger partial charge in [-0.3, -0.25) is 0 Å². The van der Waals surface area contributed by atoms with Crippen molar-refractivity contribution in [3.05, 3.63) is 47.8 Å². The van der Waals surface area contributed by atoms with Gasteiger partial charge >= 0.3 is 0 Å². The predicted molar refractivity (Wildman–Crippen MR) is 110 cm³/mol. The van der Waals surface area contributed by atoms with Gasteiger partial charge in [-0.2, -0.15) is 5.10 Å². The van der Waals surface area contributed by atoms with Crippen LogP contribution in [0.1, 0.15) is 37.4 Å². The number of oxime groups is 1. The third-order valence-corrected chi connectivity index (χ3v) is 5.70. The van der Waals surface area contributed by atoms with Crippen molar-refractivity contribution in [1.29, 1.82) is 0 Å². The lowest BCUT2D eigenvalue weighted by atomic mass is 9.73. The summed E-state index contributed by atoms with van der Waals surface area (Å²) >= 11 is 0. The van der Waals surface area contributed by atoms with Crippen molar-refractivity contribution in [3.8, 4) is 0 Å². The van der Waals surface area contributed by atoms with Crippen LogP contribution in [0.25, 0.3) is 11.0 Å². The monoisotopic (exact) mass is 376 g/mol. The number of anilines is 2. The Morgan fingerprint density at radius 2 is 2.07 bits per heavy atom. The Kier molecular flexibility index (Phi) is 3.87. The number of pyridine rings is 1. The van der Waals surface area contributed by atoms with Gasteiger partial charge in [-0.15, -0.1) is 0 Å². The highest BCUT2D eigenvalue weighted by Gasteiger charge is 2.49. The first-order valence-electron chi connectivity index (χ1n) is 9.78. The van der Waals surface area contributed by atoms with Crippen LogP contribution < -0.4 is 11.1 Å². The first-order chi connectivity index (χ1) is 13.6. The van der Waals surface area contributed by atoms with Gasteiger partial charge in [-0.25, -0.2) is 9.67 Å². The summed E-state index contributed by atoms with van der Waals surface area (Å²) in [4.78, 5) is 10.5. The topological polar surface area (TPSA) is 90.3 Å². The highest BCUT2D eigenvalue weighted by atomic mass is 16.7. The van der Waals surface area contributed by atoms with Crippen LogP contribution in [0.15, 0.2) is 41.7 Å². The zero-order chi connectivity index (χ0) is 19.3. The molecule has 0 amide bonds. The van der Waals surface area contributed by atoms with Crippen molar-refractivity contribution in [3.63, 3.8) is 0 Å². The fourth-order valence-corrected chi connectivity index (χ4v) is 4.33. The number of hydrogen-bond acceptors (Lipinski definition) is 6. The molecular weight excluding hydrogens is 352 g/mol. The molecule has 0 unspecified atom stereocenters. The van der Waals surface area contributed by atoms with E-state index in [0.29, 0.717) is 0 Å². The highest BCUT2D eigenvalue weighted by molar-refractivity contribution is 6.12. The van der Waals surface area contributed by atoms with Gasteiger partial charge in [0.15, 0.2) is 5.65 Å². The van der Waals surface area contributed by atoms with E-state index in [1.165, 1.54) is 0 Å². The summed E-state index contributed by atoms with van der Waals surface area (Å²) in [5.74, 6) is 0. The van der Waals surface area contributed by atoms with Crippen LogP contribution in [0.5, 0.6) is 0 Å². The van der Waals surface area contributed by atoms with E-state index in [9.17, 15) is 0 Å². The molecule has 3 N–H and O–H groups in total. The van der Waals surface area contributed by atoms with Crippen molar-refractivity contribution >= 4 is 28.1 Å². The van der Waals surface area contributed by atoms with Crippen LogP contribution in [0, 0.1) is 6.92 Å². The minimum absolute atomic E-state index is 0.210. The molecule has 1 fully saturated rings. The first-order valence-corrected chi connectivity index (χ1v) is 9.78. The second-order valence-corrected chi connectivity index (χ2v) is 7.80. The summed E-state index contributed by atoms with van der Waals surface area (Å²) < 4.78 is 1.93. The van der Waals surface area contributed by atoms with Gasteiger partial charge in [0, 0.05) is 49.3 Å². The van der Waals surface area contributed by atoms with Crippen LogP contribution in [-0.4, -0.2) is 32.1 Å². The van der Waals surface area contributed by atoms with Gasteiger partial charge in [0.05, 0.1) is 22.5 Å². The van der Waals surface area contributed by atoms with E-state index in [2.05, 4.69) is 34.6 Å². The number of para-hydroxylation sites is 1. The van der Waals surface area contributed by atoms with Gasteiger partial charge < -0.3 is 15.9 Å². The summed E-state index contributed by atoms with van der Waals surface area (Å²) in [6.07, 6.45) is 4.35. The number of nitrogens with one attached hydrogen (secondary N) is 1. The fourth-order valence-electron chi connectivity index (χ4n) is 4.33. The number of benzene rings is 1. The minimum atomic E-state index is -0.226. The van der Waals surface area contributed by atoms with Crippen LogP contribution >= 0.6 is 0 Å². The lowest BCUT2D eigenvalue weighted by molar-refractivity contribution is -0.0856. The molecule has 7 heteroatoms. The van der Waals surface area contributed by atoms with Crippen LogP contribution in [-0.2, 0) is 11.4 Å². The molecule has 144 valence electrons. The number of nitrogens with two attached hydrogens (primary N) is 1. The second kappa shape index (κ2) is 6.31. The third-order valence-electron chi connectivity index (χ3n) is 5.70. The first kappa shape index (κ1) is 17.2. The van der Waals surface area contributed by atoms with E-state index in [-0.39, 0.29) is 11.6 Å². The molecular formula is C21H24N6O. The van der Waals surface area contributed by atoms with Crippen molar-refractivity contribution in [1.82, 2.24) is 14.8 Å². The molecule has 0 radical (unpaired) electrons. The number of fused-ring (bicyclic) bond motifs is 1. The predicted octanol–water partition coefficient (Wildman–Crippen LogP) is 3.49. The third kappa shape index (κ3) is 2.65. The summed E-state index contributed by atoms with van der Waals surface area (Å²) in [5.41, 5.74) is 11.5. The molecule has 1 aromatic carbocycles. The SMILES string of the molecule is CCn1nc(C)c2c(Nc3ccccc3)c(C3=NOC4(C3)CC(N)C4)cnc21. The zero-order valence-corrected chi connectivity index (χ0v) is 16.1. The molecule has 3 heterocycles. The summed E-state index contributed by atoms with van der Waals surface area (Å²) in [5, 5.41) is 13.7. The van der Waals surface area contributed by atoms with E-state index in [1.54, 1.807) is 0 Å². The van der Waals surface area contributed by atoms with E-state index >= 15 is 0 Å². The summed E-state index contributed by atoms with van der Waals surface area (Å²) in [6.45, 7) is 4.87. The number of aryl methyl sites for hydroxylation is 2. The second-order valence-electron chi connectivity index (χ2n) is 7.80. The number of aromatic nitrogens is 3. The van der Waals surface area contributed by atoms with Crippen LogP contribution in [0.3, 0.4) is 0 Å². The molecule has 1 spiro atoms. The summed E-state index contributed by atoms with van der Waals surface area (Å²) in [7, 11) is 0. The Bertz CT molecular complexity index is 1070. The normalized spacial score (nSPS) is 23.5. The average Bonchev–Trinajstić information content (AvgIpc) is 3.25. The van der Waals surface area contributed by atoms with Crippen molar-refractivity contribution in [2.75, 3.05) is 5.32 Å². The molecule has 0 saturated heterocycles. The summed E-state index contributed by atoms with van der Waals surface area (Å²) in [6, 6.07) is 10.4. The quantitative estimate of drug-likeness (QED) is 0.727. The molecule has 1 aliphatic heterocycles. The maximum absolute atomic E-state index is 5.99.